The van der Waals surface area contributed by atoms with Gasteiger partial charge in [-0.1, -0.05) is 54.1 Å². The number of hydrogen-bond donors (Lipinski definition) is 2. The second-order valence-corrected chi connectivity index (χ2v) is 8.91. The number of rotatable bonds is 3. The lowest BCUT2D eigenvalue weighted by molar-refractivity contribution is 0.176. The maximum absolute atomic E-state index is 13.0. The van der Waals surface area contributed by atoms with E-state index in [4.69, 9.17) is 11.6 Å². The van der Waals surface area contributed by atoms with Crippen molar-refractivity contribution in [2.24, 2.45) is 0 Å². The van der Waals surface area contributed by atoms with Crippen molar-refractivity contribution >= 4 is 27.7 Å². The molecule has 1 aliphatic heterocycles. The summed E-state index contributed by atoms with van der Waals surface area (Å²) in [4.78, 5) is 12.8. The zero-order valence-electron chi connectivity index (χ0n) is 15.1. The number of carbonyl (C=O) groups excluding carboxylic acids is 1. The number of hydrogen-bond acceptors (Lipinski definition) is 4. The SMILES string of the molecule is O=C(NS(=O)(=O)c1ccccc1Cl)N1NC2=C(CCCC2)C1c1ccccc1. The van der Waals surface area contributed by atoms with Crippen LogP contribution in [0.5, 0.6) is 0 Å². The summed E-state index contributed by atoms with van der Waals surface area (Å²) < 4.78 is 27.5. The molecule has 2 amide bonds. The zero-order valence-corrected chi connectivity index (χ0v) is 16.6. The van der Waals surface area contributed by atoms with E-state index in [1.807, 2.05) is 30.3 Å². The first-order chi connectivity index (χ1) is 13.5. The van der Waals surface area contributed by atoms with E-state index in [9.17, 15) is 13.2 Å². The second kappa shape index (κ2) is 7.48. The predicted octanol–water partition coefficient (Wildman–Crippen LogP) is 4.13. The molecule has 0 fully saturated rings. The molecular weight excluding hydrogens is 398 g/mol. The van der Waals surface area contributed by atoms with E-state index in [0.717, 1.165) is 42.5 Å². The first-order valence-corrected chi connectivity index (χ1v) is 11.0. The minimum Gasteiger partial charge on any atom is -0.298 e. The van der Waals surface area contributed by atoms with Crippen molar-refractivity contribution in [2.45, 2.75) is 36.6 Å². The van der Waals surface area contributed by atoms with Gasteiger partial charge < -0.3 is 0 Å². The van der Waals surface area contributed by atoms with Crippen molar-refractivity contribution in [3.8, 4) is 0 Å². The van der Waals surface area contributed by atoms with E-state index in [1.54, 1.807) is 12.1 Å². The molecular formula is C20H20ClN3O3S. The zero-order chi connectivity index (χ0) is 19.7. The minimum atomic E-state index is -4.10. The number of amides is 2. The third-order valence-corrected chi connectivity index (χ3v) is 6.86. The summed E-state index contributed by atoms with van der Waals surface area (Å²) in [6.07, 6.45) is 3.82. The molecule has 8 heteroatoms. The van der Waals surface area contributed by atoms with Crippen molar-refractivity contribution < 1.29 is 13.2 Å². The Morgan fingerprint density at radius 1 is 1.04 bits per heavy atom. The Kier molecular flexibility index (Phi) is 5.03. The molecule has 0 spiro atoms. The van der Waals surface area contributed by atoms with E-state index in [0.29, 0.717) is 0 Å². The number of allylic oxidation sites excluding steroid dienone is 1. The van der Waals surface area contributed by atoms with Gasteiger partial charge in [-0.25, -0.2) is 22.9 Å². The molecule has 1 unspecified atom stereocenters. The lowest BCUT2D eigenvalue weighted by Gasteiger charge is -2.27. The highest BCUT2D eigenvalue weighted by molar-refractivity contribution is 7.90. The molecule has 1 atom stereocenters. The monoisotopic (exact) mass is 417 g/mol. The maximum atomic E-state index is 13.0. The molecule has 1 aliphatic carbocycles. The van der Waals surface area contributed by atoms with Crippen molar-refractivity contribution in [3.05, 3.63) is 76.5 Å². The van der Waals surface area contributed by atoms with Gasteiger partial charge in [-0.15, -0.1) is 0 Å². The Morgan fingerprint density at radius 2 is 1.71 bits per heavy atom. The lowest BCUT2D eigenvalue weighted by Crippen LogP contribution is -2.48. The fourth-order valence-electron chi connectivity index (χ4n) is 3.76. The Hall–Kier alpha value is -2.51. The van der Waals surface area contributed by atoms with E-state index in [2.05, 4.69) is 10.1 Å². The highest BCUT2D eigenvalue weighted by atomic mass is 35.5. The fourth-order valence-corrected chi connectivity index (χ4v) is 5.22. The molecule has 2 aromatic carbocycles. The number of nitrogens with zero attached hydrogens (tertiary/aromatic N) is 1. The molecule has 0 aromatic heterocycles. The maximum Gasteiger partial charge on any atom is 0.350 e. The molecule has 6 nitrogen and oxygen atoms in total. The van der Waals surface area contributed by atoms with Gasteiger partial charge in [0.15, 0.2) is 0 Å². The second-order valence-electron chi connectivity index (χ2n) is 6.85. The van der Waals surface area contributed by atoms with E-state index in [-0.39, 0.29) is 16.0 Å². The topological polar surface area (TPSA) is 78.5 Å². The molecule has 1 heterocycles. The Bertz CT molecular complexity index is 1040. The number of halogens is 1. The van der Waals surface area contributed by atoms with Gasteiger partial charge in [-0.2, -0.15) is 0 Å². The summed E-state index contributed by atoms with van der Waals surface area (Å²) >= 11 is 6.01. The average molecular weight is 418 g/mol. The Morgan fingerprint density at radius 3 is 2.46 bits per heavy atom. The first kappa shape index (κ1) is 18.8. The average Bonchev–Trinajstić information content (AvgIpc) is 3.08. The number of urea groups is 1. The standard InChI is InChI=1S/C20H20ClN3O3S/c21-16-11-5-7-13-18(16)28(26,27)23-20(25)24-19(14-8-2-1-3-9-14)15-10-4-6-12-17(15)22-24/h1-3,5,7-9,11,13,19,22H,4,6,10,12H2,(H,23,25). The number of carbonyl (C=O) groups is 1. The minimum absolute atomic E-state index is 0.0641. The Labute approximate surface area is 169 Å². The molecule has 0 radical (unpaired) electrons. The van der Waals surface area contributed by atoms with Crippen LogP contribution in [-0.4, -0.2) is 19.5 Å². The van der Waals surface area contributed by atoms with Crippen LogP contribution in [0.4, 0.5) is 4.79 Å². The van der Waals surface area contributed by atoms with Crippen LogP contribution >= 0.6 is 11.6 Å². The summed E-state index contributed by atoms with van der Waals surface area (Å²) in [5, 5.41) is 1.44. The fraction of sp³-hybridized carbons (Fsp3) is 0.250. The van der Waals surface area contributed by atoms with Crippen LogP contribution in [0.2, 0.25) is 5.02 Å². The first-order valence-electron chi connectivity index (χ1n) is 9.11. The number of sulfonamides is 1. The van der Waals surface area contributed by atoms with Crippen LogP contribution in [0.15, 0.2) is 70.8 Å². The highest BCUT2D eigenvalue weighted by Gasteiger charge is 2.39. The van der Waals surface area contributed by atoms with Crippen molar-refractivity contribution in [1.29, 1.82) is 0 Å². The van der Waals surface area contributed by atoms with Crippen LogP contribution in [-0.2, 0) is 10.0 Å². The third-order valence-electron chi connectivity index (χ3n) is 5.04. The van der Waals surface area contributed by atoms with E-state index in [1.165, 1.54) is 17.1 Å². The highest BCUT2D eigenvalue weighted by Crippen LogP contribution is 2.41. The van der Waals surface area contributed by atoms with Gasteiger partial charge in [0.1, 0.15) is 10.9 Å². The molecule has 2 aliphatic rings. The third kappa shape index (κ3) is 3.47. The smallest absolute Gasteiger partial charge is 0.298 e. The summed E-state index contributed by atoms with van der Waals surface area (Å²) in [7, 11) is -4.10. The van der Waals surface area contributed by atoms with E-state index < -0.39 is 16.1 Å². The van der Waals surface area contributed by atoms with Gasteiger partial charge in [0, 0.05) is 5.70 Å². The molecule has 2 aromatic rings. The summed E-state index contributed by atoms with van der Waals surface area (Å²) in [5.74, 6) is 0. The van der Waals surface area contributed by atoms with Gasteiger partial charge in [0.2, 0.25) is 0 Å². The molecule has 2 N–H and O–H groups in total. The number of benzene rings is 2. The molecule has 0 bridgehead atoms. The molecule has 4 rings (SSSR count). The molecule has 0 saturated heterocycles. The number of nitrogens with one attached hydrogen (secondary N) is 2. The van der Waals surface area contributed by atoms with Gasteiger partial charge in [-0.3, -0.25) is 5.43 Å². The molecule has 146 valence electrons. The Balaban J connectivity index is 1.64. The van der Waals surface area contributed by atoms with Gasteiger partial charge in [-0.05, 0) is 49.0 Å². The van der Waals surface area contributed by atoms with Crippen LogP contribution < -0.4 is 10.1 Å². The summed E-state index contributed by atoms with van der Waals surface area (Å²) in [5.41, 5.74) is 6.22. The normalized spacial score (nSPS) is 19.2. The van der Waals surface area contributed by atoms with Crippen LogP contribution in [0, 0.1) is 0 Å². The van der Waals surface area contributed by atoms with E-state index >= 15 is 0 Å². The predicted molar refractivity (Wildman–Crippen MR) is 107 cm³/mol. The van der Waals surface area contributed by atoms with Crippen molar-refractivity contribution in [1.82, 2.24) is 15.2 Å². The number of hydrazine groups is 1. The van der Waals surface area contributed by atoms with Gasteiger partial charge in [0.05, 0.1) is 5.02 Å². The van der Waals surface area contributed by atoms with Gasteiger partial charge in [0.25, 0.3) is 10.0 Å². The summed E-state index contributed by atoms with van der Waals surface area (Å²) in [6, 6.07) is 14.6. The largest absolute Gasteiger partial charge is 0.350 e. The van der Waals surface area contributed by atoms with Crippen LogP contribution in [0.25, 0.3) is 0 Å². The van der Waals surface area contributed by atoms with Crippen molar-refractivity contribution in [3.63, 3.8) is 0 Å². The van der Waals surface area contributed by atoms with Gasteiger partial charge >= 0.3 is 6.03 Å². The molecule has 28 heavy (non-hydrogen) atoms. The quantitative estimate of drug-likeness (QED) is 0.787. The van der Waals surface area contributed by atoms with Crippen LogP contribution in [0.1, 0.15) is 37.3 Å². The lowest BCUT2D eigenvalue weighted by atomic mass is 9.89. The summed E-state index contributed by atoms with van der Waals surface area (Å²) in [6.45, 7) is 0. The van der Waals surface area contributed by atoms with Crippen LogP contribution in [0.3, 0.4) is 0 Å². The molecule has 0 saturated carbocycles. The van der Waals surface area contributed by atoms with Crippen molar-refractivity contribution in [2.75, 3.05) is 0 Å².